The van der Waals surface area contributed by atoms with Crippen LogP contribution in [-0.2, 0) is 39.1 Å². The Bertz CT molecular complexity index is 913. The Morgan fingerprint density at radius 2 is 1.75 bits per heavy atom. The van der Waals surface area contributed by atoms with Crippen molar-refractivity contribution in [1.29, 1.82) is 0 Å². The molecule has 0 saturated carbocycles. The van der Waals surface area contributed by atoms with Crippen molar-refractivity contribution in [1.82, 2.24) is 0 Å². The van der Waals surface area contributed by atoms with Gasteiger partial charge in [-0.2, -0.15) is 0 Å². The molecule has 5 atom stereocenters. The molecule has 13 heteroatoms. The predicted octanol–water partition coefficient (Wildman–Crippen LogP) is 4.06. The van der Waals surface area contributed by atoms with Gasteiger partial charge in [0, 0.05) is 31.4 Å². The lowest BCUT2D eigenvalue weighted by molar-refractivity contribution is -0.201. The largest absolute Gasteiger partial charge is 0.463 e. The third-order valence-corrected chi connectivity index (χ3v) is 6.20. The fraction of sp³-hybridized carbons (Fsp3) is 0.526. The van der Waals surface area contributed by atoms with Crippen molar-refractivity contribution >= 4 is 52.9 Å². The number of carbonyl (C=O) groups is 3. The molecule has 1 fully saturated rings. The van der Waals surface area contributed by atoms with E-state index in [1.165, 1.54) is 32.5 Å². The number of benzene rings is 1. The van der Waals surface area contributed by atoms with Crippen LogP contribution in [0, 0.1) is 0 Å². The van der Waals surface area contributed by atoms with Crippen LogP contribution in [0.25, 0.3) is 10.4 Å². The van der Waals surface area contributed by atoms with Crippen molar-refractivity contribution in [2.75, 3.05) is 6.61 Å². The van der Waals surface area contributed by atoms with Crippen molar-refractivity contribution in [2.24, 2.45) is 5.11 Å². The summed E-state index contributed by atoms with van der Waals surface area (Å²) in [6, 6.07) is 3.99. The number of rotatable bonds is 8. The van der Waals surface area contributed by atoms with Gasteiger partial charge in [0.15, 0.2) is 0 Å². The van der Waals surface area contributed by atoms with Gasteiger partial charge < -0.3 is 18.9 Å². The molecule has 1 aromatic rings. The monoisotopic (exact) mass is 505 g/mol. The molecule has 0 spiro atoms. The summed E-state index contributed by atoms with van der Waals surface area (Å²) in [6.45, 7) is 3.32. The Morgan fingerprint density at radius 3 is 2.31 bits per heavy atom. The van der Waals surface area contributed by atoms with Crippen molar-refractivity contribution in [3.05, 3.63) is 44.3 Å². The van der Waals surface area contributed by atoms with Crippen molar-refractivity contribution in [2.45, 2.75) is 56.3 Å². The molecule has 0 amide bonds. The van der Waals surface area contributed by atoms with Crippen LogP contribution in [0.4, 0.5) is 0 Å². The fourth-order valence-electron chi connectivity index (χ4n) is 3.02. The molecule has 0 aromatic heterocycles. The Balaban J connectivity index is 2.35. The van der Waals surface area contributed by atoms with Crippen LogP contribution >= 0.6 is 35.0 Å². The molecule has 1 aliphatic rings. The number of ether oxygens (including phenoxy) is 4. The highest BCUT2D eigenvalue weighted by Gasteiger charge is 2.50. The number of azide groups is 1. The average molecular weight is 506 g/mol. The summed E-state index contributed by atoms with van der Waals surface area (Å²) in [6.07, 6.45) is -3.18. The predicted molar refractivity (Wildman–Crippen MR) is 117 cm³/mol. The van der Waals surface area contributed by atoms with Gasteiger partial charge in [0.2, 0.25) is 0 Å². The first-order valence-electron chi connectivity index (χ1n) is 9.35. The Hall–Kier alpha value is -2.17. The zero-order valence-electron chi connectivity index (χ0n) is 17.4. The van der Waals surface area contributed by atoms with E-state index in [0.29, 0.717) is 15.8 Å². The smallest absolute Gasteiger partial charge is 0.303 e. The lowest BCUT2D eigenvalue weighted by atomic mass is 9.97. The Morgan fingerprint density at radius 1 is 1.09 bits per heavy atom. The van der Waals surface area contributed by atoms with E-state index < -0.39 is 47.7 Å². The van der Waals surface area contributed by atoms with E-state index in [9.17, 15) is 14.4 Å². The minimum absolute atomic E-state index is 0.263. The lowest BCUT2D eigenvalue weighted by Crippen LogP contribution is -2.59. The normalized spacial score (nSPS) is 24.7. The molecule has 2 rings (SSSR count). The summed E-state index contributed by atoms with van der Waals surface area (Å²) in [7, 11) is 0. The summed E-state index contributed by atoms with van der Waals surface area (Å²) in [4.78, 5) is 37.6. The van der Waals surface area contributed by atoms with Crippen LogP contribution in [0.3, 0.4) is 0 Å². The topological polar surface area (TPSA) is 137 Å². The maximum atomic E-state index is 11.8. The van der Waals surface area contributed by atoms with Crippen molar-refractivity contribution < 1.29 is 33.3 Å². The van der Waals surface area contributed by atoms with Gasteiger partial charge in [-0.25, -0.2) is 0 Å². The van der Waals surface area contributed by atoms with Gasteiger partial charge in [-0.05, 0) is 23.2 Å². The van der Waals surface area contributed by atoms with E-state index in [1.54, 1.807) is 18.2 Å². The molecule has 0 bridgehead atoms. The number of nitrogens with zero attached hydrogens (tertiary/aromatic N) is 3. The van der Waals surface area contributed by atoms with Gasteiger partial charge in [0.05, 0.1) is 10.0 Å². The van der Waals surface area contributed by atoms with Crippen LogP contribution < -0.4 is 0 Å². The highest BCUT2D eigenvalue weighted by molar-refractivity contribution is 7.99. The quantitative estimate of drug-likeness (QED) is 0.169. The lowest BCUT2D eigenvalue weighted by Gasteiger charge is -2.43. The van der Waals surface area contributed by atoms with E-state index in [1.807, 2.05) is 0 Å². The van der Waals surface area contributed by atoms with E-state index in [-0.39, 0.29) is 6.61 Å². The van der Waals surface area contributed by atoms with Crippen molar-refractivity contribution in [3.63, 3.8) is 0 Å². The van der Waals surface area contributed by atoms with E-state index in [0.717, 1.165) is 5.56 Å². The molecule has 0 N–H and O–H groups in total. The van der Waals surface area contributed by atoms with Crippen LogP contribution in [0.15, 0.2) is 23.3 Å². The summed E-state index contributed by atoms with van der Waals surface area (Å²) >= 11 is 13.3. The third kappa shape index (κ3) is 7.46. The zero-order chi connectivity index (χ0) is 23.8. The number of carbonyl (C=O) groups excluding carboxylic acids is 3. The van der Waals surface area contributed by atoms with E-state index >= 15 is 0 Å². The summed E-state index contributed by atoms with van der Waals surface area (Å²) in [5.41, 5.74) is 9.07. The first-order valence-corrected chi connectivity index (χ1v) is 11.2. The Kier molecular flexibility index (Phi) is 9.92. The summed E-state index contributed by atoms with van der Waals surface area (Å²) in [5, 5.41) is 4.49. The summed E-state index contributed by atoms with van der Waals surface area (Å²) < 4.78 is 21.7. The molecule has 1 saturated heterocycles. The molecule has 1 aromatic carbocycles. The number of halogens is 2. The first kappa shape index (κ1) is 26.1. The highest BCUT2D eigenvalue weighted by Crippen LogP contribution is 2.36. The number of hydrogen-bond acceptors (Lipinski definition) is 9. The summed E-state index contributed by atoms with van der Waals surface area (Å²) in [5.74, 6) is -1.51. The average Bonchev–Trinajstić information content (AvgIpc) is 2.70. The van der Waals surface area contributed by atoms with Gasteiger partial charge in [0.25, 0.3) is 0 Å². The molecule has 0 radical (unpaired) electrons. The molecule has 0 aliphatic carbocycles. The molecule has 32 heavy (non-hydrogen) atoms. The molecular weight excluding hydrogens is 485 g/mol. The zero-order valence-corrected chi connectivity index (χ0v) is 19.7. The third-order valence-electron chi connectivity index (χ3n) is 4.26. The molecular formula is C19H21Cl2N3O7S. The molecule has 2 unspecified atom stereocenters. The van der Waals surface area contributed by atoms with Crippen LogP contribution in [0.2, 0.25) is 10.0 Å². The van der Waals surface area contributed by atoms with Crippen LogP contribution in [0.1, 0.15) is 26.3 Å². The number of hydrogen-bond donors (Lipinski definition) is 0. The minimum Gasteiger partial charge on any atom is -0.463 e. The van der Waals surface area contributed by atoms with Gasteiger partial charge in [-0.1, -0.05) is 34.4 Å². The maximum Gasteiger partial charge on any atom is 0.303 e. The van der Waals surface area contributed by atoms with Gasteiger partial charge in [0.1, 0.15) is 36.4 Å². The molecule has 174 valence electrons. The standard InChI is InChI=1S/C19H21Cl2N3O7S/c1-9(25)28-7-15-17(29-10(2)26)16(23-24-22)18(30-11(3)27)19(31-15)32-8-12-4-5-13(20)14(21)6-12/h4-6,15-19H,7-8H2,1-3H3/t15?,16-,17-,18?,19+/m0/s1. The second kappa shape index (κ2) is 12.2. The van der Waals surface area contributed by atoms with Crippen molar-refractivity contribution in [3.8, 4) is 0 Å². The van der Waals surface area contributed by atoms with Gasteiger partial charge >= 0.3 is 17.9 Å². The fourth-order valence-corrected chi connectivity index (χ4v) is 4.50. The van der Waals surface area contributed by atoms with Crippen LogP contribution in [0.5, 0.6) is 0 Å². The maximum absolute atomic E-state index is 11.8. The van der Waals surface area contributed by atoms with Gasteiger partial charge in [-0.15, -0.1) is 11.8 Å². The first-order chi connectivity index (χ1) is 15.1. The second-order valence-corrected chi connectivity index (χ2v) is 8.65. The minimum atomic E-state index is -1.14. The molecule has 1 aliphatic heterocycles. The number of esters is 3. The number of thioether (sulfide) groups is 1. The van der Waals surface area contributed by atoms with E-state index in [2.05, 4.69) is 10.0 Å². The van der Waals surface area contributed by atoms with Gasteiger partial charge in [-0.3, -0.25) is 14.4 Å². The second-order valence-electron chi connectivity index (χ2n) is 6.75. The molecule has 10 nitrogen and oxygen atoms in total. The molecule has 1 heterocycles. The Labute approximate surface area is 198 Å². The highest BCUT2D eigenvalue weighted by atomic mass is 35.5. The van der Waals surface area contributed by atoms with E-state index in [4.69, 9.17) is 47.7 Å². The SMILES string of the molecule is CC(=O)OCC1O[C@H](SCc2ccc(Cl)c(Cl)c2)C(OC(C)=O)[C@@H](N=[N+]=[N-])[C@H]1OC(C)=O. The van der Waals surface area contributed by atoms with Crippen LogP contribution in [-0.4, -0.2) is 54.3 Å².